The maximum Gasteiger partial charge on any atom is 0.224 e. The maximum atomic E-state index is 12.2. The summed E-state index contributed by atoms with van der Waals surface area (Å²) in [4.78, 5) is 24.4. The van der Waals surface area contributed by atoms with Gasteiger partial charge < -0.3 is 10.6 Å². The van der Waals surface area contributed by atoms with Crippen LogP contribution in [0.5, 0.6) is 0 Å². The molecule has 0 aromatic heterocycles. The second kappa shape index (κ2) is 7.16. The Hall–Kier alpha value is -1.84. The zero-order chi connectivity index (χ0) is 16.2. The Bertz CT molecular complexity index is 578. The number of nitrogens with one attached hydrogen (secondary N) is 2. The van der Waals surface area contributed by atoms with Gasteiger partial charge in [0.25, 0.3) is 0 Å². The minimum Gasteiger partial charge on any atom is -0.353 e. The largest absolute Gasteiger partial charge is 0.353 e. The third-order valence-corrected chi connectivity index (χ3v) is 4.96. The minimum atomic E-state index is -0.136. The number of rotatable bonds is 5. The molecule has 0 heterocycles. The molecule has 0 aliphatic heterocycles. The van der Waals surface area contributed by atoms with Gasteiger partial charge >= 0.3 is 0 Å². The van der Waals surface area contributed by atoms with Gasteiger partial charge in [0.05, 0.1) is 11.8 Å². The Labute approximate surface area is 138 Å². The van der Waals surface area contributed by atoms with Crippen LogP contribution in [0.1, 0.15) is 49.7 Å². The molecule has 2 N–H and O–H groups in total. The summed E-state index contributed by atoms with van der Waals surface area (Å²) in [5, 5.41) is 6.09. The lowest BCUT2D eigenvalue weighted by Crippen LogP contribution is -2.38. The predicted molar refractivity (Wildman–Crippen MR) is 89.6 cm³/mol. The van der Waals surface area contributed by atoms with Crippen molar-refractivity contribution in [1.82, 2.24) is 10.6 Å². The minimum absolute atomic E-state index is 0.00954. The number of benzene rings is 1. The number of amides is 2. The molecule has 2 aliphatic carbocycles. The van der Waals surface area contributed by atoms with E-state index in [0.29, 0.717) is 19.0 Å². The number of carbonyl (C=O) groups is 2. The van der Waals surface area contributed by atoms with Crippen LogP contribution in [0.15, 0.2) is 24.3 Å². The molecule has 1 aromatic rings. The molecule has 0 saturated heterocycles. The first-order chi connectivity index (χ1) is 11.1. The Balaban J connectivity index is 1.42. The monoisotopic (exact) mass is 314 g/mol. The van der Waals surface area contributed by atoms with Crippen LogP contribution in [0.3, 0.4) is 0 Å². The Morgan fingerprint density at radius 3 is 2.57 bits per heavy atom. The van der Waals surface area contributed by atoms with Gasteiger partial charge in [0, 0.05) is 12.6 Å². The fourth-order valence-corrected chi connectivity index (χ4v) is 3.47. The van der Waals surface area contributed by atoms with E-state index in [-0.39, 0.29) is 23.7 Å². The Morgan fingerprint density at radius 2 is 1.83 bits per heavy atom. The van der Waals surface area contributed by atoms with Crippen molar-refractivity contribution in [1.29, 1.82) is 0 Å². The van der Waals surface area contributed by atoms with Crippen LogP contribution in [-0.2, 0) is 16.1 Å². The van der Waals surface area contributed by atoms with Gasteiger partial charge in [-0.15, -0.1) is 0 Å². The number of hydrogen-bond donors (Lipinski definition) is 2. The van der Waals surface area contributed by atoms with Gasteiger partial charge in [-0.05, 0) is 31.7 Å². The van der Waals surface area contributed by atoms with Crippen molar-refractivity contribution in [2.75, 3.05) is 0 Å². The summed E-state index contributed by atoms with van der Waals surface area (Å²) in [5.74, 6) is -0.166. The van der Waals surface area contributed by atoms with Crippen molar-refractivity contribution in [3.8, 4) is 0 Å². The lowest BCUT2D eigenvalue weighted by molar-refractivity contribution is -0.127. The molecular weight excluding hydrogens is 288 g/mol. The molecule has 2 atom stereocenters. The molecule has 23 heavy (non-hydrogen) atoms. The van der Waals surface area contributed by atoms with Gasteiger partial charge in [0.15, 0.2) is 0 Å². The molecule has 2 saturated carbocycles. The zero-order valence-electron chi connectivity index (χ0n) is 13.8. The zero-order valence-corrected chi connectivity index (χ0v) is 13.8. The number of aryl methyl sites for hydroxylation is 1. The normalized spacial score (nSPS) is 24.0. The van der Waals surface area contributed by atoms with Crippen LogP contribution < -0.4 is 10.6 Å². The summed E-state index contributed by atoms with van der Waals surface area (Å²) >= 11 is 0. The molecule has 4 heteroatoms. The predicted octanol–water partition coefficient (Wildman–Crippen LogP) is 2.70. The molecule has 0 radical (unpaired) electrons. The highest BCUT2D eigenvalue weighted by Gasteiger charge is 2.48. The van der Waals surface area contributed by atoms with Gasteiger partial charge in [0.1, 0.15) is 0 Å². The van der Waals surface area contributed by atoms with Gasteiger partial charge in [-0.3, -0.25) is 9.59 Å². The third kappa shape index (κ3) is 4.34. The van der Waals surface area contributed by atoms with E-state index in [0.717, 1.165) is 18.4 Å². The molecule has 2 unspecified atom stereocenters. The highest BCUT2D eigenvalue weighted by molar-refractivity contribution is 5.92. The molecule has 3 rings (SSSR count). The maximum absolute atomic E-state index is 12.2. The van der Waals surface area contributed by atoms with Crippen molar-refractivity contribution in [2.24, 2.45) is 11.8 Å². The molecule has 1 aromatic carbocycles. The van der Waals surface area contributed by atoms with E-state index in [9.17, 15) is 9.59 Å². The first kappa shape index (κ1) is 16.0. The van der Waals surface area contributed by atoms with E-state index in [1.54, 1.807) is 0 Å². The van der Waals surface area contributed by atoms with Crippen LogP contribution >= 0.6 is 0 Å². The van der Waals surface area contributed by atoms with Crippen molar-refractivity contribution in [2.45, 2.75) is 58.0 Å². The standard InChI is InChI=1S/C19H26N2O2/c1-13-6-5-7-14(10-13)12-20-18(22)16-11-17(16)19(23)21-15-8-3-2-4-9-15/h5-7,10,15-17H,2-4,8-9,11-12H2,1H3,(H,20,22)(H,21,23). The summed E-state index contributed by atoms with van der Waals surface area (Å²) in [5.41, 5.74) is 2.29. The molecule has 2 fully saturated rings. The molecule has 4 nitrogen and oxygen atoms in total. The van der Waals surface area contributed by atoms with Crippen LogP contribution in [0, 0.1) is 18.8 Å². The molecule has 0 bridgehead atoms. The summed E-state index contributed by atoms with van der Waals surface area (Å²) in [6.07, 6.45) is 6.55. The highest BCUT2D eigenvalue weighted by atomic mass is 16.2. The lowest BCUT2D eigenvalue weighted by Gasteiger charge is -2.22. The first-order valence-corrected chi connectivity index (χ1v) is 8.77. The smallest absolute Gasteiger partial charge is 0.224 e. The summed E-state index contributed by atoms with van der Waals surface area (Å²) in [7, 11) is 0. The van der Waals surface area contributed by atoms with Crippen LogP contribution in [-0.4, -0.2) is 17.9 Å². The summed E-state index contributed by atoms with van der Waals surface area (Å²) in [6.45, 7) is 2.58. The van der Waals surface area contributed by atoms with E-state index in [2.05, 4.69) is 16.7 Å². The average Bonchev–Trinajstić information content (AvgIpc) is 3.34. The fraction of sp³-hybridized carbons (Fsp3) is 0.579. The van der Waals surface area contributed by atoms with Gasteiger partial charge in [-0.1, -0.05) is 49.1 Å². The fourth-order valence-electron chi connectivity index (χ4n) is 3.47. The highest BCUT2D eigenvalue weighted by Crippen LogP contribution is 2.39. The van der Waals surface area contributed by atoms with Crippen molar-refractivity contribution in [3.05, 3.63) is 35.4 Å². The van der Waals surface area contributed by atoms with Crippen LogP contribution in [0.25, 0.3) is 0 Å². The van der Waals surface area contributed by atoms with E-state index < -0.39 is 0 Å². The van der Waals surface area contributed by atoms with Crippen molar-refractivity contribution >= 4 is 11.8 Å². The third-order valence-electron chi connectivity index (χ3n) is 4.96. The topological polar surface area (TPSA) is 58.2 Å². The van der Waals surface area contributed by atoms with E-state index in [1.165, 1.54) is 24.8 Å². The van der Waals surface area contributed by atoms with Crippen molar-refractivity contribution in [3.63, 3.8) is 0 Å². The number of hydrogen-bond acceptors (Lipinski definition) is 2. The second-order valence-corrected chi connectivity index (χ2v) is 7.00. The summed E-state index contributed by atoms with van der Waals surface area (Å²) < 4.78 is 0. The lowest BCUT2D eigenvalue weighted by atomic mass is 9.95. The molecule has 2 amide bonds. The molecule has 0 spiro atoms. The molecule has 2 aliphatic rings. The average molecular weight is 314 g/mol. The van der Waals surface area contributed by atoms with E-state index >= 15 is 0 Å². The summed E-state index contributed by atoms with van der Waals surface area (Å²) in [6, 6.07) is 8.44. The second-order valence-electron chi connectivity index (χ2n) is 7.00. The Kier molecular flexibility index (Phi) is 4.99. The van der Waals surface area contributed by atoms with E-state index in [4.69, 9.17) is 0 Å². The van der Waals surface area contributed by atoms with Crippen LogP contribution in [0.4, 0.5) is 0 Å². The number of carbonyl (C=O) groups excluding carboxylic acids is 2. The van der Waals surface area contributed by atoms with Gasteiger partial charge in [-0.2, -0.15) is 0 Å². The molecule has 124 valence electrons. The first-order valence-electron chi connectivity index (χ1n) is 8.77. The van der Waals surface area contributed by atoms with E-state index in [1.807, 2.05) is 25.1 Å². The molecular formula is C19H26N2O2. The SMILES string of the molecule is Cc1cccc(CNC(=O)C2CC2C(=O)NC2CCCCC2)c1. The quantitative estimate of drug-likeness (QED) is 0.878. The van der Waals surface area contributed by atoms with Gasteiger partial charge in [-0.25, -0.2) is 0 Å². The van der Waals surface area contributed by atoms with Crippen LogP contribution in [0.2, 0.25) is 0 Å². The Morgan fingerprint density at radius 1 is 1.09 bits per heavy atom. The van der Waals surface area contributed by atoms with Crippen molar-refractivity contribution < 1.29 is 9.59 Å². The van der Waals surface area contributed by atoms with Gasteiger partial charge in [0.2, 0.25) is 11.8 Å².